The molecule has 0 aromatic rings. The number of allylic oxidation sites excluding steroid dienone is 2. The van der Waals surface area contributed by atoms with E-state index < -0.39 is 0 Å². The Morgan fingerprint density at radius 2 is 2.17 bits per heavy atom. The molecule has 1 fully saturated rings. The van der Waals surface area contributed by atoms with E-state index in [4.69, 9.17) is 11.6 Å². The minimum Gasteiger partial charge on any atom is -0.281 e. The molecule has 0 aromatic carbocycles. The number of halogens is 1. The molecule has 2 rings (SSSR count). The molecule has 0 radical (unpaired) electrons. The van der Waals surface area contributed by atoms with Crippen LogP contribution in [0.3, 0.4) is 0 Å². The van der Waals surface area contributed by atoms with Gasteiger partial charge in [-0.2, -0.15) is 0 Å². The van der Waals surface area contributed by atoms with Gasteiger partial charge >= 0.3 is 0 Å². The molecule has 2 bridgehead atoms. The van der Waals surface area contributed by atoms with Crippen LogP contribution in [0.15, 0.2) is 12.2 Å². The Morgan fingerprint density at radius 1 is 1.33 bits per heavy atom. The zero-order valence-electron chi connectivity index (χ0n) is 7.00. The Kier molecular flexibility index (Phi) is 2.22. The lowest BCUT2D eigenvalue weighted by Crippen LogP contribution is -2.27. The fourth-order valence-electron chi connectivity index (χ4n) is 2.48. The lowest BCUT2D eigenvalue weighted by molar-refractivity contribution is -0.116. The van der Waals surface area contributed by atoms with Gasteiger partial charge in [-0.05, 0) is 49.1 Å². The van der Waals surface area contributed by atoms with Gasteiger partial charge in [0, 0.05) is 5.92 Å². The third kappa shape index (κ3) is 1.56. The van der Waals surface area contributed by atoms with Crippen LogP contribution in [-0.4, -0.2) is 5.24 Å². The molecule has 1 nitrogen and oxygen atoms in total. The van der Waals surface area contributed by atoms with Crippen LogP contribution in [0.4, 0.5) is 0 Å². The molecule has 66 valence electrons. The molecule has 3 atom stereocenters. The van der Waals surface area contributed by atoms with E-state index in [0.29, 0.717) is 5.92 Å². The largest absolute Gasteiger partial charge is 0.281 e. The molecule has 0 aliphatic heterocycles. The average molecular weight is 185 g/mol. The van der Waals surface area contributed by atoms with Crippen molar-refractivity contribution >= 4 is 16.8 Å². The number of fused-ring (bicyclic) bond motifs is 2. The number of carbonyl (C=O) groups excluding carboxylic acids is 1. The van der Waals surface area contributed by atoms with Crippen molar-refractivity contribution in [3.63, 3.8) is 0 Å². The molecule has 0 N–H and O–H groups in total. The predicted octanol–water partition coefficient (Wildman–Crippen LogP) is 2.74. The number of hydrogen-bond donors (Lipinski definition) is 0. The topological polar surface area (TPSA) is 17.1 Å². The molecule has 0 amide bonds. The fraction of sp³-hybridized carbons (Fsp3) is 0.700. The highest BCUT2D eigenvalue weighted by molar-refractivity contribution is 6.63. The lowest BCUT2D eigenvalue weighted by Gasteiger charge is -2.34. The Labute approximate surface area is 77.8 Å². The molecule has 12 heavy (non-hydrogen) atoms. The van der Waals surface area contributed by atoms with Gasteiger partial charge in [0.1, 0.15) is 0 Å². The SMILES string of the molecule is O=C(Cl)C1CC2C=CC[C@H](C2)C1. The van der Waals surface area contributed by atoms with Crippen LogP contribution >= 0.6 is 11.6 Å². The van der Waals surface area contributed by atoms with E-state index in [1.54, 1.807) is 0 Å². The van der Waals surface area contributed by atoms with Crippen LogP contribution in [0.5, 0.6) is 0 Å². The molecule has 2 aliphatic rings. The summed E-state index contributed by atoms with van der Waals surface area (Å²) in [7, 11) is 0. The van der Waals surface area contributed by atoms with Crippen LogP contribution in [0, 0.1) is 17.8 Å². The van der Waals surface area contributed by atoms with Crippen molar-refractivity contribution in [3.8, 4) is 0 Å². The number of hydrogen-bond acceptors (Lipinski definition) is 1. The van der Waals surface area contributed by atoms with Gasteiger partial charge in [-0.3, -0.25) is 4.79 Å². The van der Waals surface area contributed by atoms with E-state index in [2.05, 4.69) is 12.2 Å². The maximum atomic E-state index is 11.0. The summed E-state index contributed by atoms with van der Waals surface area (Å²) in [5, 5.41) is -0.125. The van der Waals surface area contributed by atoms with Gasteiger partial charge in [-0.15, -0.1) is 0 Å². The molecule has 2 heteroatoms. The standard InChI is InChI=1S/C10H13ClO/c11-10(12)9-5-7-2-1-3-8(4-7)6-9/h1-2,7-9H,3-6H2/t7?,8-,9?/m1/s1. The van der Waals surface area contributed by atoms with Gasteiger partial charge < -0.3 is 0 Å². The number of rotatable bonds is 1. The average Bonchev–Trinajstić information content (AvgIpc) is 2.03. The molecule has 2 unspecified atom stereocenters. The minimum absolute atomic E-state index is 0.125. The van der Waals surface area contributed by atoms with Crippen LogP contribution < -0.4 is 0 Å². The van der Waals surface area contributed by atoms with E-state index in [1.807, 2.05) is 0 Å². The first-order valence-electron chi connectivity index (χ1n) is 4.61. The fourth-order valence-corrected chi connectivity index (χ4v) is 2.66. The summed E-state index contributed by atoms with van der Waals surface area (Å²) < 4.78 is 0. The highest BCUT2D eigenvalue weighted by atomic mass is 35.5. The molecule has 0 heterocycles. The summed E-state index contributed by atoms with van der Waals surface area (Å²) in [6, 6.07) is 0. The summed E-state index contributed by atoms with van der Waals surface area (Å²) in [6.45, 7) is 0. The molecular formula is C10H13ClO. The highest BCUT2D eigenvalue weighted by Gasteiger charge is 2.32. The van der Waals surface area contributed by atoms with Crippen LogP contribution in [-0.2, 0) is 4.79 Å². The molecular weight excluding hydrogens is 172 g/mol. The highest BCUT2D eigenvalue weighted by Crippen LogP contribution is 2.39. The van der Waals surface area contributed by atoms with Crippen molar-refractivity contribution in [2.24, 2.45) is 17.8 Å². The van der Waals surface area contributed by atoms with Gasteiger partial charge in [-0.25, -0.2) is 0 Å². The second-order valence-corrected chi connectivity index (χ2v) is 4.37. The van der Waals surface area contributed by atoms with Crippen LogP contribution in [0.2, 0.25) is 0 Å². The van der Waals surface area contributed by atoms with E-state index >= 15 is 0 Å². The van der Waals surface area contributed by atoms with Crippen molar-refractivity contribution in [2.45, 2.75) is 25.7 Å². The Balaban J connectivity index is 2.07. The second-order valence-electron chi connectivity index (χ2n) is 4.00. The third-order valence-corrected chi connectivity index (χ3v) is 3.35. The smallest absolute Gasteiger partial charge is 0.224 e. The van der Waals surface area contributed by atoms with Gasteiger partial charge in [0.15, 0.2) is 0 Å². The van der Waals surface area contributed by atoms with Crippen molar-refractivity contribution in [2.75, 3.05) is 0 Å². The Morgan fingerprint density at radius 3 is 2.83 bits per heavy atom. The first-order valence-corrected chi connectivity index (χ1v) is 4.99. The molecule has 0 spiro atoms. The van der Waals surface area contributed by atoms with E-state index in [1.165, 1.54) is 6.42 Å². The summed E-state index contributed by atoms with van der Waals surface area (Å²) >= 11 is 5.51. The maximum Gasteiger partial charge on any atom is 0.224 e. The Bertz CT molecular complexity index is 222. The van der Waals surface area contributed by atoms with Crippen LogP contribution in [0.25, 0.3) is 0 Å². The Hall–Kier alpha value is -0.300. The molecule has 1 saturated carbocycles. The van der Waals surface area contributed by atoms with Crippen molar-refractivity contribution in [1.29, 1.82) is 0 Å². The first-order chi connectivity index (χ1) is 5.75. The lowest BCUT2D eigenvalue weighted by atomic mass is 9.71. The maximum absolute atomic E-state index is 11.0. The van der Waals surface area contributed by atoms with E-state index in [0.717, 1.165) is 25.2 Å². The zero-order valence-corrected chi connectivity index (χ0v) is 7.76. The van der Waals surface area contributed by atoms with Crippen molar-refractivity contribution < 1.29 is 4.79 Å². The molecule has 2 aliphatic carbocycles. The van der Waals surface area contributed by atoms with Crippen LogP contribution in [0.1, 0.15) is 25.7 Å². The summed E-state index contributed by atoms with van der Waals surface area (Å²) in [5.74, 6) is 1.49. The second kappa shape index (κ2) is 3.21. The minimum atomic E-state index is -0.125. The summed E-state index contributed by atoms with van der Waals surface area (Å²) in [6.07, 6.45) is 8.93. The number of carbonyl (C=O) groups is 1. The summed E-state index contributed by atoms with van der Waals surface area (Å²) in [4.78, 5) is 11.0. The zero-order chi connectivity index (χ0) is 8.55. The third-order valence-electron chi connectivity index (χ3n) is 3.04. The van der Waals surface area contributed by atoms with Gasteiger partial charge in [0.2, 0.25) is 5.24 Å². The first kappa shape index (κ1) is 8.31. The van der Waals surface area contributed by atoms with E-state index in [9.17, 15) is 4.79 Å². The summed E-state index contributed by atoms with van der Waals surface area (Å²) in [5.41, 5.74) is 0. The van der Waals surface area contributed by atoms with Gasteiger partial charge in [-0.1, -0.05) is 12.2 Å². The van der Waals surface area contributed by atoms with Gasteiger partial charge in [0.25, 0.3) is 0 Å². The predicted molar refractivity (Wildman–Crippen MR) is 48.9 cm³/mol. The van der Waals surface area contributed by atoms with Crippen molar-refractivity contribution in [1.82, 2.24) is 0 Å². The normalized spacial score (nSPS) is 39.6. The molecule has 0 aromatic heterocycles. The van der Waals surface area contributed by atoms with Crippen molar-refractivity contribution in [3.05, 3.63) is 12.2 Å². The monoisotopic (exact) mass is 184 g/mol. The van der Waals surface area contributed by atoms with Gasteiger partial charge in [0.05, 0.1) is 0 Å². The van der Waals surface area contributed by atoms with E-state index in [-0.39, 0.29) is 11.2 Å². The molecule has 0 saturated heterocycles. The quantitative estimate of drug-likeness (QED) is 0.453.